The van der Waals surface area contributed by atoms with Gasteiger partial charge in [0.1, 0.15) is 5.82 Å². The number of hydrogen-bond acceptors (Lipinski definition) is 4. The summed E-state index contributed by atoms with van der Waals surface area (Å²) in [4.78, 5) is 23.7. The summed E-state index contributed by atoms with van der Waals surface area (Å²) in [6.07, 6.45) is 2.33. The largest absolute Gasteiger partial charge is 0.329 e. The number of hydrogen-bond donors (Lipinski definition) is 0. The zero-order valence-corrected chi connectivity index (χ0v) is 10.1. The molecule has 0 saturated carbocycles. The molecule has 3 rings (SSSR count). The van der Waals surface area contributed by atoms with Crippen LogP contribution >= 0.6 is 11.8 Å². The molecule has 0 atom stereocenters. The molecule has 0 unspecified atom stereocenters. The van der Waals surface area contributed by atoms with E-state index in [1.165, 1.54) is 11.8 Å². The molecular formula is C11H10N4OS. The number of rotatable bonds is 2. The molecule has 0 N–H and O–H groups in total. The minimum absolute atomic E-state index is 0.0538. The molecule has 3 heterocycles. The molecule has 0 radical (unpaired) electrons. The second-order valence-electron chi connectivity index (χ2n) is 3.80. The van der Waals surface area contributed by atoms with Crippen molar-refractivity contribution in [3.8, 4) is 0 Å². The van der Waals surface area contributed by atoms with E-state index >= 15 is 0 Å². The molecule has 2 aromatic heterocycles. The maximum absolute atomic E-state index is 11.1. The maximum atomic E-state index is 11.1. The van der Waals surface area contributed by atoms with E-state index in [0.29, 0.717) is 12.2 Å². The first-order chi connectivity index (χ1) is 8.24. The third-order valence-electron chi connectivity index (χ3n) is 2.67. The first-order valence-electron chi connectivity index (χ1n) is 5.23. The first-order valence-corrected chi connectivity index (χ1v) is 6.22. The summed E-state index contributed by atoms with van der Waals surface area (Å²) in [5.41, 5.74) is 1.73. The predicted molar refractivity (Wildman–Crippen MR) is 67.1 cm³/mol. The van der Waals surface area contributed by atoms with Crippen molar-refractivity contribution in [3.05, 3.63) is 24.2 Å². The summed E-state index contributed by atoms with van der Waals surface area (Å²) in [7, 11) is 1.95. The summed E-state index contributed by atoms with van der Waals surface area (Å²) in [6, 6.07) is 3.87. The first kappa shape index (κ1) is 10.5. The van der Waals surface area contributed by atoms with Crippen LogP contribution in [0.5, 0.6) is 0 Å². The second kappa shape index (κ2) is 3.96. The number of imidazole rings is 1. The van der Waals surface area contributed by atoms with Gasteiger partial charge in [0, 0.05) is 13.2 Å². The SMILES string of the molecule is Cn1c(CC2=NC(=O)CS2)nc2ncccc21. The van der Waals surface area contributed by atoms with Gasteiger partial charge in [0.25, 0.3) is 5.91 Å². The number of aliphatic imine (C=N–C) groups is 1. The van der Waals surface area contributed by atoms with Crippen LogP contribution < -0.4 is 0 Å². The molecule has 1 amide bonds. The normalized spacial score (nSPS) is 15.6. The smallest absolute Gasteiger partial charge is 0.256 e. The lowest BCUT2D eigenvalue weighted by Crippen LogP contribution is -2.03. The third kappa shape index (κ3) is 1.84. The molecule has 86 valence electrons. The lowest BCUT2D eigenvalue weighted by Gasteiger charge is -2.00. The second-order valence-corrected chi connectivity index (χ2v) is 4.85. The monoisotopic (exact) mass is 246 g/mol. The molecule has 0 aromatic carbocycles. The summed E-state index contributed by atoms with van der Waals surface area (Å²) in [5, 5.41) is 0.841. The Morgan fingerprint density at radius 1 is 1.53 bits per heavy atom. The zero-order chi connectivity index (χ0) is 11.8. The zero-order valence-electron chi connectivity index (χ0n) is 9.25. The van der Waals surface area contributed by atoms with Gasteiger partial charge in [-0.2, -0.15) is 0 Å². The van der Waals surface area contributed by atoms with Crippen LogP contribution in [0.4, 0.5) is 0 Å². The number of aryl methyl sites for hydroxylation is 1. The van der Waals surface area contributed by atoms with Gasteiger partial charge in [-0.3, -0.25) is 4.79 Å². The summed E-state index contributed by atoms with van der Waals surface area (Å²) in [6.45, 7) is 0. The summed E-state index contributed by atoms with van der Waals surface area (Å²) < 4.78 is 1.99. The maximum Gasteiger partial charge on any atom is 0.256 e. The molecule has 0 bridgehead atoms. The number of carbonyl (C=O) groups excluding carboxylic acids is 1. The van der Waals surface area contributed by atoms with Gasteiger partial charge < -0.3 is 4.57 Å². The van der Waals surface area contributed by atoms with Crippen LogP contribution in [0.3, 0.4) is 0 Å². The van der Waals surface area contributed by atoms with Gasteiger partial charge in [0.2, 0.25) is 0 Å². The van der Waals surface area contributed by atoms with E-state index in [9.17, 15) is 4.79 Å². The van der Waals surface area contributed by atoms with Crippen LogP contribution in [0.25, 0.3) is 11.2 Å². The van der Waals surface area contributed by atoms with Gasteiger partial charge in [0.15, 0.2) is 5.65 Å². The van der Waals surface area contributed by atoms with Crippen molar-refractivity contribution in [1.29, 1.82) is 0 Å². The number of fused-ring (bicyclic) bond motifs is 1. The Labute approximate surface area is 102 Å². The molecule has 5 nitrogen and oxygen atoms in total. The van der Waals surface area contributed by atoms with Crippen molar-refractivity contribution in [2.24, 2.45) is 12.0 Å². The van der Waals surface area contributed by atoms with Crippen LogP contribution in [0.1, 0.15) is 5.82 Å². The number of pyridine rings is 1. The van der Waals surface area contributed by atoms with Crippen molar-refractivity contribution in [2.45, 2.75) is 6.42 Å². The molecule has 0 aliphatic carbocycles. The number of amides is 1. The highest BCUT2D eigenvalue weighted by Crippen LogP contribution is 2.19. The molecule has 0 spiro atoms. The highest BCUT2D eigenvalue weighted by Gasteiger charge is 2.17. The quantitative estimate of drug-likeness (QED) is 0.798. The van der Waals surface area contributed by atoms with E-state index in [1.54, 1.807) is 6.20 Å². The molecule has 2 aromatic rings. The Kier molecular flexibility index (Phi) is 2.44. The molecule has 1 aliphatic heterocycles. The number of aromatic nitrogens is 3. The molecule has 0 saturated heterocycles. The van der Waals surface area contributed by atoms with Crippen molar-refractivity contribution in [3.63, 3.8) is 0 Å². The fourth-order valence-corrected chi connectivity index (χ4v) is 2.56. The highest BCUT2D eigenvalue weighted by molar-refractivity contribution is 8.15. The number of nitrogens with zero attached hydrogens (tertiary/aromatic N) is 4. The van der Waals surface area contributed by atoms with Gasteiger partial charge in [-0.25, -0.2) is 15.0 Å². The average molecular weight is 246 g/mol. The van der Waals surface area contributed by atoms with E-state index in [2.05, 4.69) is 15.0 Å². The van der Waals surface area contributed by atoms with Gasteiger partial charge in [-0.1, -0.05) is 0 Å². The molecule has 17 heavy (non-hydrogen) atoms. The van der Waals surface area contributed by atoms with Gasteiger partial charge >= 0.3 is 0 Å². The molecule has 0 fully saturated rings. The standard InChI is InChI=1S/C11H10N4OS/c1-15-7-3-2-4-12-11(7)13-8(15)5-10-14-9(16)6-17-10/h2-4H,5-6H2,1H3. The lowest BCUT2D eigenvalue weighted by molar-refractivity contribution is -0.115. The number of thioether (sulfide) groups is 1. The fourth-order valence-electron chi connectivity index (χ4n) is 1.81. The van der Waals surface area contributed by atoms with Gasteiger partial charge in [-0.15, -0.1) is 11.8 Å². The van der Waals surface area contributed by atoms with Crippen LogP contribution in [0.15, 0.2) is 23.3 Å². The Bertz CT molecular complexity index is 631. The molecular weight excluding hydrogens is 236 g/mol. The predicted octanol–water partition coefficient (Wildman–Crippen LogP) is 1.18. The average Bonchev–Trinajstić information content (AvgIpc) is 2.86. The van der Waals surface area contributed by atoms with E-state index in [1.807, 2.05) is 23.7 Å². The van der Waals surface area contributed by atoms with Crippen LogP contribution in [-0.4, -0.2) is 31.2 Å². The van der Waals surface area contributed by atoms with E-state index in [0.717, 1.165) is 22.0 Å². The Morgan fingerprint density at radius 2 is 2.41 bits per heavy atom. The molecule has 6 heteroatoms. The Morgan fingerprint density at radius 3 is 3.12 bits per heavy atom. The lowest BCUT2D eigenvalue weighted by atomic mass is 10.4. The summed E-state index contributed by atoms with van der Waals surface area (Å²) >= 11 is 1.49. The Hall–Kier alpha value is -1.69. The van der Waals surface area contributed by atoms with Crippen molar-refractivity contribution < 1.29 is 4.79 Å². The van der Waals surface area contributed by atoms with Crippen LogP contribution in [-0.2, 0) is 18.3 Å². The third-order valence-corrected chi connectivity index (χ3v) is 3.63. The minimum atomic E-state index is -0.0538. The highest BCUT2D eigenvalue weighted by atomic mass is 32.2. The van der Waals surface area contributed by atoms with Gasteiger partial charge in [0.05, 0.1) is 22.7 Å². The van der Waals surface area contributed by atoms with Crippen molar-refractivity contribution in [2.75, 3.05) is 5.75 Å². The van der Waals surface area contributed by atoms with E-state index in [-0.39, 0.29) is 5.91 Å². The van der Waals surface area contributed by atoms with Crippen LogP contribution in [0.2, 0.25) is 0 Å². The Balaban J connectivity index is 1.98. The number of carbonyl (C=O) groups is 1. The molecule has 1 aliphatic rings. The minimum Gasteiger partial charge on any atom is -0.329 e. The topological polar surface area (TPSA) is 60.1 Å². The van der Waals surface area contributed by atoms with E-state index < -0.39 is 0 Å². The fraction of sp³-hybridized carbons (Fsp3) is 0.273. The van der Waals surface area contributed by atoms with Crippen molar-refractivity contribution in [1.82, 2.24) is 14.5 Å². The van der Waals surface area contributed by atoms with Gasteiger partial charge in [-0.05, 0) is 12.1 Å². The van der Waals surface area contributed by atoms with Crippen LogP contribution in [0, 0.1) is 0 Å². The van der Waals surface area contributed by atoms with Crippen molar-refractivity contribution >= 4 is 33.9 Å². The van der Waals surface area contributed by atoms with E-state index in [4.69, 9.17) is 0 Å². The summed E-state index contributed by atoms with van der Waals surface area (Å²) in [5.74, 6) is 1.29.